The summed E-state index contributed by atoms with van der Waals surface area (Å²) in [6, 6.07) is 11.1. The van der Waals surface area contributed by atoms with Gasteiger partial charge < -0.3 is 10.0 Å². The molecule has 0 saturated heterocycles. The molecule has 0 aromatic heterocycles. The Morgan fingerprint density at radius 3 is 2.48 bits per heavy atom. The van der Waals surface area contributed by atoms with Crippen LogP contribution in [-0.2, 0) is 11.3 Å². The van der Waals surface area contributed by atoms with Crippen LogP contribution in [0.2, 0.25) is 0 Å². The first kappa shape index (κ1) is 17.9. The largest absolute Gasteiger partial charge is 0.508 e. The molecule has 0 aliphatic rings. The molecule has 0 radical (unpaired) electrons. The lowest BCUT2D eigenvalue weighted by Gasteiger charge is -2.17. The van der Waals surface area contributed by atoms with Crippen LogP contribution in [0.25, 0.3) is 0 Å². The van der Waals surface area contributed by atoms with Crippen molar-refractivity contribution >= 4 is 33.6 Å². The fourth-order valence-electron chi connectivity index (χ4n) is 2.12. The molecule has 1 amide bonds. The summed E-state index contributed by atoms with van der Waals surface area (Å²) in [6.07, 6.45) is 0. The maximum Gasteiger partial charge on any atom is 0.232 e. The molecule has 3 nitrogen and oxygen atoms in total. The summed E-state index contributed by atoms with van der Waals surface area (Å²) in [5, 5.41) is 9.29. The Hall–Kier alpha value is -1.46. The van der Waals surface area contributed by atoms with Gasteiger partial charge >= 0.3 is 0 Å². The van der Waals surface area contributed by atoms with Crippen LogP contribution in [0.15, 0.2) is 45.8 Å². The summed E-state index contributed by atoms with van der Waals surface area (Å²) in [6.45, 7) is 4.64. The second-order valence-corrected chi connectivity index (χ2v) is 7.44. The molecular formula is C18H20BrNO2S. The Morgan fingerprint density at radius 1 is 1.17 bits per heavy atom. The molecule has 23 heavy (non-hydrogen) atoms. The fraction of sp³-hybridized carbons (Fsp3) is 0.278. The maximum absolute atomic E-state index is 12.3. The van der Waals surface area contributed by atoms with Gasteiger partial charge in [-0.3, -0.25) is 4.79 Å². The van der Waals surface area contributed by atoms with Gasteiger partial charge in [-0.25, -0.2) is 0 Å². The third-order valence-electron chi connectivity index (χ3n) is 3.59. The first-order chi connectivity index (χ1) is 10.9. The minimum Gasteiger partial charge on any atom is -0.508 e. The number of carbonyl (C=O) groups is 1. The first-order valence-corrected chi connectivity index (χ1v) is 9.06. The van der Waals surface area contributed by atoms with Gasteiger partial charge in [-0.1, -0.05) is 28.1 Å². The van der Waals surface area contributed by atoms with Crippen LogP contribution in [0.1, 0.15) is 16.7 Å². The van der Waals surface area contributed by atoms with Crippen LogP contribution in [0.3, 0.4) is 0 Å². The van der Waals surface area contributed by atoms with Gasteiger partial charge in [-0.05, 0) is 54.8 Å². The second-order valence-electron chi connectivity index (χ2n) is 5.57. The van der Waals surface area contributed by atoms with E-state index in [9.17, 15) is 9.90 Å². The summed E-state index contributed by atoms with van der Waals surface area (Å²) < 4.78 is 1.09. The highest BCUT2D eigenvalue weighted by Crippen LogP contribution is 2.28. The van der Waals surface area contributed by atoms with Crippen molar-refractivity contribution in [2.75, 3.05) is 12.8 Å². The standard InChI is InChI=1S/C18H20BrNO2S/c1-12-9-17(13(2)8-16(12)19)23-11-18(22)20(3)10-14-4-6-15(21)7-5-14/h4-9,21H,10-11H2,1-3H3. The molecule has 0 unspecified atom stereocenters. The van der Waals surface area contributed by atoms with Gasteiger partial charge in [0.25, 0.3) is 0 Å². The summed E-state index contributed by atoms with van der Waals surface area (Å²) >= 11 is 5.09. The number of phenols is 1. The quantitative estimate of drug-likeness (QED) is 0.758. The zero-order valence-corrected chi connectivity index (χ0v) is 15.9. The van der Waals surface area contributed by atoms with Gasteiger partial charge in [0, 0.05) is 23.0 Å². The van der Waals surface area contributed by atoms with Gasteiger partial charge in [-0.15, -0.1) is 11.8 Å². The molecule has 2 rings (SSSR count). The van der Waals surface area contributed by atoms with Crippen molar-refractivity contribution in [3.63, 3.8) is 0 Å². The molecule has 0 atom stereocenters. The molecule has 0 bridgehead atoms. The highest BCUT2D eigenvalue weighted by atomic mass is 79.9. The summed E-state index contributed by atoms with van der Waals surface area (Å²) in [4.78, 5) is 15.1. The predicted octanol–water partition coefficient (Wildman–Crippen LogP) is 4.52. The molecule has 2 aromatic rings. The molecular weight excluding hydrogens is 374 g/mol. The van der Waals surface area contributed by atoms with E-state index in [0.717, 1.165) is 14.9 Å². The van der Waals surface area contributed by atoms with Crippen LogP contribution < -0.4 is 0 Å². The minimum atomic E-state index is 0.0862. The molecule has 0 aliphatic carbocycles. The molecule has 2 aromatic carbocycles. The Balaban J connectivity index is 1.94. The molecule has 122 valence electrons. The van der Waals surface area contributed by atoms with E-state index < -0.39 is 0 Å². The second kappa shape index (κ2) is 7.88. The van der Waals surface area contributed by atoms with E-state index in [1.54, 1.807) is 35.8 Å². The van der Waals surface area contributed by atoms with Crippen LogP contribution in [0.4, 0.5) is 0 Å². The number of carbonyl (C=O) groups excluding carboxylic acids is 1. The van der Waals surface area contributed by atoms with Crippen LogP contribution in [0, 0.1) is 13.8 Å². The van der Waals surface area contributed by atoms with E-state index in [1.165, 1.54) is 11.1 Å². The summed E-state index contributed by atoms with van der Waals surface area (Å²) in [5.74, 6) is 0.735. The molecule has 0 spiro atoms. The number of thioether (sulfide) groups is 1. The number of hydrogen-bond donors (Lipinski definition) is 1. The smallest absolute Gasteiger partial charge is 0.232 e. The number of halogens is 1. The first-order valence-electron chi connectivity index (χ1n) is 7.28. The number of aryl methyl sites for hydroxylation is 2. The number of nitrogens with zero attached hydrogens (tertiary/aromatic N) is 1. The number of amides is 1. The van der Waals surface area contributed by atoms with Crippen LogP contribution >= 0.6 is 27.7 Å². The SMILES string of the molecule is Cc1cc(SCC(=O)N(C)Cc2ccc(O)cc2)c(C)cc1Br. The lowest BCUT2D eigenvalue weighted by Crippen LogP contribution is -2.27. The van der Waals surface area contributed by atoms with Crippen molar-refractivity contribution in [3.05, 3.63) is 57.6 Å². The summed E-state index contributed by atoms with van der Waals surface area (Å²) in [7, 11) is 1.80. The fourth-order valence-corrected chi connectivity index (χ4v) is 3.63. The molecule has 1 N–H and O–H groups in total. The van der Waals surface area contributed by atoms with E-state index in [2.05, 4.69) is 35.0 Å². The van der Waals surface area contributed by atoms with Gasteiger partial charge in [0.1, 0.15) is 5.75 Å². The predicted molar refractivity (Wildman–Crippen MR) is 98.9 cm³/mol. The molecule has 0 aliphatic heterocycles. The molecule has 0 heterocycles. The number of phenolic OH excluding ortho intramolecular Hbond substituents is 1. The van der Waals surface area contributed by atoms with Crippen molar-refractivity contribution in [1.29, 1.82) is 0 Å². The third-order valence-corrected chi connectivity index (χ3v) is 5.59. The van der Waals surface area contributed by atoms with Gasteiger partial charge in [0.15, 0.2) is 0 Å². The highest BCUT2D eigenvalue weighted by molar-refractivity contribution is 9.10. The average Bonchev–Trinajstić information content (AvgIpc) is 2.51. The monoisotopic (exact) mass is 393 g/mol. The van der Waals surface area contributed by atoms with E-state index in [0.29, 0.717) is 12.3 Å². The van der Waals surface area contributed by atoms with Crippen molar-refractivity contribution < 1.29 is 9.90 Å². The number of aromatic hydroxyl groups is 1. The van der Waals surface area contributed by atoms with Gasteiger partial charge in [-0.2, -0.15) is 0 Å². The molecule has 5 heteroatoms. The normalized spacial score (nSPS) is 10.6. The number of rotatable bonds is 5. The van der Waals surface area contributed by atoms with Crippen molar-refractivity contribution in [1.82, 2.24) is 4.90 Å². The Bertz CT molecular complexity index is 701. The van der Waals surface area contributed by atoms with E-state index in [4.69, 9.17) is 0 Å². The third kappa shape index (κ3) is 5.01. The van der Waals surface area contributed by atoms with Crippen molar-refractivity contribution in [2.24, 2.45) is 0 Å². The maximum atomic E-state index is 12.3. The summed E-state index contributed by atoms with van der Waals surface area (Å²) in [5.41, 5.74) is 3.34. The van der Waals surface area contributed by atoms with Crippen molar-refractivity contribution in [3.8, 4) is 5.75 Å². The van der Waals surface area contributed by atoms with Crippen molar-refractivity contribution in [2.45, 2.75) is 25.3 Å². The van der Waals surface area contributed by atoms with E-state index in [-0.39, 0.29) is 11.7 Å². The number of benzene rings is 2. The Kier molecular flexibility index (Phi) is 6.13. The van der Waals surface area contributed by atoms with Gasteiger partial charge in [0.2, 0.25) is 5.91 Å². The van der Waals surface area contributed by atoms with Gasteiger partial charge in [0.05, 0.1) is 5.75 Å². The van der Waals surface area contributed by atoms with E-state index >= 15 is 0 Å². The lowest BCUT2D eigenvalue weighted by molar-refractivity contribution is -0.127. The zero-order valence-electron chi connectivity index (χ0n) is 13.5. The Morgan fingerprint density at radius 2 is 1.83 bits per heavy atom. The topological polar surface area (TPSA) is 40.5 Å². The lowest BCUT2D eigenvalue weighted by atomic mass is 10.2. The molecule has 0 saturated carbocycles. The number of hydrogen-bond acceptors (Lipinski definition) is 3. The molecule has 0 fully saturated rings. The average molecular weight is 394 g/mol. The minimum absolute atomic E-state index is 0.0862. The van der Waals surface area contributed by atoms with Crippen LogP contribution in [-0.4, -0.2) is 28.7 Å². The highest BCUT2D eigenvalue weighted by Gasteiger charge is 2.11. The zero-order chi connectivity index (χ0) is 17.0. The Labute approximate surface area is 149 Å². The van der Waals surface area contributed by atoms with Crippen LogP contribution in [0.5, 0.6) is 5.75 Å². The van der Waals surface area contributed by atoms with E-state index in [1.807, 2.05) is 19.1 Å².